The van der Waals surface area contributed by atoms with E-state index in [4.69, 9.17) is 5.73 Å². The Morgan fingerprint density at radius 1 is 1.40 bits per heavy atom. The molecule has 2 rings (SSSR count). The monoisotopic (exact) mass is 204 g/mol. The summed E-state index contributed by atoms with van der Waals surface area (Å²) in [6.07, 6.45) is 3.94. The van der Waals surface area contributed by atoms with Gasteiger partial charge < -0.3 is 15.4 Å². The van der Waals surface area contributed by atoms with E-state index in [0.29, 0.717) is 12.3 Å². The molecule has 0 atom stereocenters. The molecule has 0 amide bonds. The van der Waals surface area contributed by atoms with Crippen LogP contribution in [-0.4, -0.2) is 16.2 Å². The van der Waals surface area contributed by atoms with Crippen LogP contribution in [0.1, 0.15) is 12.0 Å². The summed E-state index contributed by atoms with van der Waals surface area (Å²) in [6, 6.07) is 5.61. The number of fused-ring (bicyclic) bond motifs is 1. The maximum atomic E-state index is 9.82. The Bertz CT molecular complexity index is 474. The molecular weight excluding hydrogens is 188 g/mol. The maximum Gasteiger partial charge on any atom is 0.125 e. The van der Waals surface area contributed by atoms with E-state index in [-0.39, 0.29) is 0 Å². The number of phenols is 1. The number of phenolic OH excluding ortho intramolecular Hbond substituents is 1. The molecule has 3 N–H and O–H groups in total. The molecule has 3 nitrogen and oxygen atoms in total. The van der Waals surface area contributed by atoms with Gasteiger partial charge in [-0.2, -0.15) is 0 Å². The normalized spacial score (nSPS) is 11.1. The molecule has 0 aliphatic rings. The van der Waals surface area contributed by atoms with Gasteiger partial charge in [-0.05, 0) is 37.1 Å². The van der Waals surface area contributed by atoms with Crippen molar-refractivity contribution in [2.75, 3.05) is 6.54 Å². The largest absolute Gasteiger partial charge is 0.507 e. The quantitative estimate of drug-likeness (QED) is 0.800. The number of benzene rings is 1. The van der Waals surface area contributed by atoms with Crippen LogP contribution >= 0.6 is 0 Å². The van der Waals surface area contributed by atoms with Crippen LogP contribution in [0.25, 0.3) is 10.9 Å². The fraction of sp³-hybridized carbons (Fsp3) is 0.333. The van der Waals surface area contributed by atoms with Gasteiger partial charge in [0.15, 0.2) is 0 Å². The Morgan fingerprint density at radius 2 is 2.20 bits per heavy atom. The second-order valence-corrected chi connectivity index (χ2v) is 3.83. The summed E-state index contributed by atoms with van der Waals surface area (Å²) in [4.78, 5) is 0. The van der Waals surface area contributed by atoms with E-state index in [1.165, 1.54) is 5.56 Å². The maximum absolute atomic E-state index is 9.82. The topological polar surface area (TPSA) is 51.2 Å². The number of aromatic hydroxyl groups is 1. The predicted molar refractivity (Wildman–Crippen MR) is 62.0 cm³/mol. The average molecular weight is 204 g/mol. The van der Waals surface area contributed by atoms with Crippen molar-refractivity contribution in [2.24, 2.45) is 12.8 Å². The fourth-order valence-corrected chi connectivity index (χ4v) is 2.00. The van der Waals surface area contributed by atoms with Crippen LogP contribution in [0.15, 0.2) is 24.4 Å². The van der Waals surface area contributed by atoms with E-state index in [0.717, 1.165) is 23.7 Å². The van der Waals surface area contributed by atoms with Gasteiger partial charge in [0.25, 0.3) is 0 Å². The molecule has 2 aromatic rings. The van der Waals surface area contributed by atoms with Crippen LogP contribution in [0.4, 0.5) is 0 Å². The molecule has 0 saturated heterocycles. The van der Waals surface area contributed by atoms with Crippen molar-refractivity contribution in [2.45, 2.75) is 12.8 Å². The molecule has 0 saturated carbocycles. The zero-order chi connectivity index (χ0) is 10.8. The predicted octanol–water partition coefficient (Wildman–Crippen LogP) is 1.78. The molecule has 1 aromatic heterocycles. The Hall–Kier alpha value is -1.48. The van der Waals surface area contributed by atoms with Crippen LogP contribution in [0.2, 0.25) is 0 Å². The van der Waals surface area contributed by atoms with E-state index in [1.807, 2.05) is 23.7 Å². The third-order valence-electron chi connectivity index (χ3n) is 2.72. The SMILES string of the molecule is Cn1cc(CCCN)c2c(O)cccc21. The van der Waals surface area contributed by atoms with Crippen molar-refractivity contribution in [3.63, 3.8) is 0 Å². The smallest absolute Gasteiger partial charge is 0.125 e. The molecule has 1 aromatic carbocycles. The number of hydrogen-bond donors (Lipinski definition) is 2. The second kappa shape index (κ2) is 3.95. The summed E-state index contributed by atoms with van der Waals surface area (Å²) in [5, 5.41) is 10.8. The summed E-state index contributed by atoms with van der Waals surface area (Å²) in [6.45, 7) is 0.685. The first-order chi connectivity index (χ1) is 7.24. The number of aryl methyl sites for hydroxylation is 2. The third kappa shape index (κ3) is 1.70. The van der Waals surface area contributed by atoms with Crippen LogP contribution in [0, 0.1) is 0 Å². The molecule has 0 fully saturated rings. The summed E-state index contributed by atoms with van der Waals surface area (Å²) in [5.74, 6) is 0.361. The zero-order valence-electron chi connectivity index (χ0n) is 8.90. The van der Waals surface area contributed by atoms with Crippen molar-refractivity contribution < 1.29 is 5.11 Å². The number of nitrogens with two attached hydrogens (primary N) is 1. The number of aromatic nitrogens is 1. The van der Waals surface area contributed by atoms with E-state index in [9.17, 15) is 5.11 Å². The molecule has 3 heteroatoms. The first-order valence-electron chi connectivity index (χ1n) is 5.20. The minimum Gasteiger partial charge on any atom is -0.507 e. The van der Waals surface area contributed by atoms with E-state index >= 15 is 0 Å². The summed E-state index contributed by atoms with van der Waals surface area (Å²) >= 11 is 0. The lowest BCUT2D eigenvalue weighted by atomic mass is 10.1. The summed E-state index contributed by atoms with van der Waals surface area (Å²) < 4.78 is 2.04. The highest BCUT2D eigenvalue weighted by Gasteiger charge is 2.09. The highest BCUT2D eigenvalue weighted by Crippen LogP contribution is 2.29. The molecule has 80 valence electrons. The highest BCUT2D eigenvalue weighted by atomic mass is 16.3. The Balaban J connectivity index is 2.54. The fourth-order valence-electron chi connectivity index (χ4n) is 2.00. The van der Waals surface area contributed by atoms with Crippen molar-refractivity contribution >= 4 is 10.9 Å². The zero-order valence-corrected chi connectivity index (χ0v) is 8.90. The van der Waals surface area contributed by atoms with E-state index < -0.39 is 0 Å². The first kappa shape index (κ1) is 10.1. The van der Waals surface area contributed by atoms with Crippen molar-refractivity contribution in [3.05, 3.63) is 30.0 Å². The summed E-state index contributed by atoms with van der Waals surface area (Å²) in [7, 11) is 1.99. The van der Waals surface area contributed by atoms with Gasteiger partial charge in [0, 0.05) is 18.6 Å². The van der Waals surface area contributed by atoms with Gasteiger partial charge in [-0.1, -0.05) is 6.07 Å². The van der Waals surface area contributed by atoms with Crippen molar-refractivity contribution in [1.82, 2.24) is 4.57 Å². The Labute approximate surface area is 89.1 Å². The standard InChI is InChI=1S/C12H16N2O/c1-14-8-9(4-3-7-13)12-10(14)5-2-6-11(12)15/h2,5-6,8,15H,3-4,7,13H2,1H3. The molecule has 0 bridgehead atoms. The Morgan fingerprint density at radius 3 is 2.93 bits per heavy atom. The van der Waals surface area contributed by atoms with Gasteiger partial charge in [-0.3, -0.25) is 0 Å². The van der Waals surface area contributed by atoms with Crippen molar-refractivity contribution in [1.29, 1.82) is 0 Å². The van der Waals surface area contributed by atoms with E-state index in [2.05, 4.69) is 6.20 Å². The highest BCUT2D eigenvalue weighted by molar-refractivity contribution is 5.89. The lowest BCUT2D eigenvalue weighted by molar-refractivity contribution is 0.481. The molecule has 0 unspecified atom stereocenters. The molecule has 0 spiro atoms. The van der Waals surface area contributed by atoms with Gasteiger partial charge in [0.05, 0.1) is 5.52 Å². The minimum absolute atomic E-state index is 0.361. The molecule has 0 radical (unpaired) electrons. The molecule has 0 aliphatic carbocycles. The van der Waals surface area contributed by atoms with Gasteiger partial charge >= 0.3 is 0 Å². The first-order valence-corrected chi connectivity index (χ1v) is 5.20. The third-order valence-corrected chi connectivity index (χ3v) is 2.72. The van der Waals surface area contributed by atoms with Crippen LogP contribution in [0.3, 0.4) is 0 Å². The summed E-state index contributed by atoms with van der Waals surface area (Å²) in [5.41, 5.74) is 7.74. The molecule has 15 heavy (non-hydrogen) atoms. The van der Waals surface area contributed by atoms with E-state index in [1.54, 1.807) is 6.07 Å². The molecule has 1 heterocycles. The Kier molecular flexibility index (Phi) is 2.64. The van der Waals surface area contributed by atoms with Gasteiger partial charge in [0.2, 0.25) is 0 Å². The van der Waals surface area contributed by atoms with Crippen LogP contribution in [-0.2, 0) is 13.5 Å². The number of rotatable bonds is 3. The van der Waals surface area contributed by atoms with Crippen LogP contribution in [0.5, 0.6) is 5.75 Å². The molecular formula is C12H16N2O. The second-order valence-electron chi connectivity index (χ2n) is 3.83. The lowest BCUT2D eigenvalue weighted by Gasteiger charge is -1.99. The van der Waals surface area contributed by atoms with Gasteiger partial charge in [-0.15, -0.1) is 0 Å². The number of hydrogen-bond acceptors (Lipinski definition) is 2. The minimum atomic E-state index is 0.361. The van der Waals surface area contributed by atoms with Gasteiger partial charge in [-0.25, -0.2) is 0 Å². The van der Waals surface area contributed by atoms with Crippen molar-refractivity contribution in [3.8, 4) is 5.75 Å². The average Bonchev–Trinajstić information content (AvgIpc) is 2.55. The number of nitrogens with zero attached hydrogens (tertiary/aromatic N) is 1. The van der Waals surface area contributed by atoms with Crippen LogP contribution < -0.4 is 5.73 Å². The molecule has 0 aliphatic heterocycles. The van der Waals surface area contributed by atoms with Gasteiger partial charge in [0.1, 0.15) is 5.75 Å². The lowest BCUT2D eigenvalue weighted by Crippen LogP contribution is -1.99.